The summed E-state index contributed by atoms with van der Waals surface area (Å²) in [7, 11) is 2.02. The predicted octanol–water partition coefficient (Wildman–Crippen LogP) is 1.13. The van der Waals surface area contributed by atoms with Gasteiger partial charge in [0, 0.05) is 5.54 Å². The molecule has 0 aromatic heterocycles. The van der Waals surface area contributed by atoms with Gasteiger partial charge >= 0.3 is 8.72 Å². The van der Waals surface area contributed by atoms with Crippen molar-refractivity contribution in [2.45, 2.75) is 47.1 Å². The Labute approximate surface area is 109 Å². The summed E-state index contributed by atoms with van der Waals surface area (Å²) in [5, 5.41) is 0. The van der Waals surface area contributed by atoms with Crippen LogP contribution in [0.25, 0.3) is 0 Å². The van der Waals surface area contributed by atoms with Crippen LogP contribution >= 0.6 is 0 Å². The largest absolute Gasteiger partial charge is 0.365 e. The van der Waals surface area contributed by atoms with Gasteiger partial charge in [-0.2, -0.15) is 0 Å². The lowest BCUT2D eigenvalue weighted by Gasteiger charge is -2.41. The second kappa shape index (κ2) is 6.85. The molecule has 0 bridgehead atoms. The highest BCUT2D eigenvalue weighted by atomic mass is 28.4. The first kappa shape index (κ1) is 17.1. The normalized spacial score (nSPS) is 13.8. The summed E-state index contributed by atoms with van der Waals surface area (Å²) in [6.07, 6.45) is 0. The Hall–Kier alpha value is 0.0569. The van der Waals surface area contributed by atoms with Crippen LogP contribution in [0.4, 0.5) is 0 Å². The van der Waals surface area contributed by atoms with Gasteiger partial charge in [-0.3, -0.25) is 4.98 Å². The number of hydrogen-bond acceptors (Lipinski definition) is 4. The van der Waals surface area contributed by atoms with Crippen LogP contribution < -0.4 is 19.9 Å². The Morgan fingerprint density at radius 3 is 1.76 bits per heavy atom. The monoisotopic (exact) mass is 260 g/mol. The van der Waals surface area contributed by atoms with E-state index in [1.54, 1.807) is 0 Å². The van der Waals surface area contributed by atoms with Gasteiger partial charge in [-0.25, -0.2) is 0 Å². The van der Waals surface area contributed by atoms with Crippen LogP contribution in [0.5, 0.6) is 0 Å². The maximum Gasteiger partial charge on any atom is 0.365 e. The van der Waals surface area contributed by atoms with Crippen molar-refractivity contribution >= 4 is 8.72 Å². The fourth-order valence-corrected chi connectivity index (χ4v) is 4.37. The number of rotatable bonds is 8. The van der Waals surface area contributed by atoms with Crippen LogP contribution in [0.1, 0.15) is 41.5 Å². The fourth-order valence-electron chi connectivity index (χ4n) is 1.46. The number of nitrogens with one attached hydrogen (secondary N) is 4. The first-order valence-corrected chi connectivity index (χ1v) is 8.61. The van der Waals surface area contributed by atoms with Gasteiger partial charge in [-0.15, -0.1) is 0 Å². The molecule has 0 aromatic carbocycles. The lowest BCUT2D eigenvalue weighted by Crippen LogP contribution is -2.83. The summed E-state index contributed by atoms with van der Waals surface area (Å²) in [5.74, 6) is 1.23. The van der Waals surface area contributed by atoms with Crippen molar-refractivity contribution in [2.24, 2.45) is 11.8 Å². The fraction of sp³-hybridized carbons (Fsp3) is 1.00. The molecule has 0 aromatic rings. The highest BCUT2D eigenvalue weighted by molar-refractivity contribution is 6.70. The third-order valence-electron chi connectivity index (χ3n) is 3.48. The van der Waals surface area contributed by atoms with Crippen molar-refractivity contribution in [3.8, 4) is 0 Å². The summed E-state index contributed by atoms with van der Waals surface area (Å²) >= 11 is 0. The molecule has 0 radical (unpaired) electrons. The molecule has 0 saturated carbocycles. The maximum atomic E-state index is 3.77. The molecule has 4 nitrogen and oxygen atoms in total. The predicted molar refractivity (Wildman–Crippen MR) is 78.8 cm³/mol. The molecule has 104 valence electrons. The van der Waals surface area contributed by atoms with Crippen molar-refractivity contribution in [3.05, 3.63) is 0 Å². The van der Waals surface area contributed by atoms with Crippen molar-refractivity contribution in [2.75, 3.05) is 20.6 Å². The molecular formula is C12H32N4Si. The van der Waals surface area contributed by atoms with E-state index in [9.17, 15) is 0 Å². The van der Waals surface area contributed by atoms with Crippen LogP contribution in [-0.4, -0.2) is 34.9 Å². The van der Waals surface area contributed by atoms with E-state index >= 15 is 0 Å². The van der Waals surface area contributed by atoms with E-state index in [0.717, 1.165) is 6.54 Å². The van der Waals surface area contributed by atoms with Crippen LogP contribution in [-0.2, 0) is 0 Å². The summed E-state index contributed by atoms with van der Waals surface area (Å²) in [5.41, 5.74) is 0.0994. The molecule has 5 heteroatoms. The van der Waals surface area contributed by atoms with Gasteiger partial charge in [0.25, 0.3) is 0 Å². The Kier molecular flexibility index (Phi) is 6.87. The topological polar surface area (TPSA) is 48.1 Å². The minimum absolute atomic E-state index is 0.0994. The highest BCUT2D eigenvalue weighted by Gasteiger charge is 2.38. The van der Waals surface area contributed by atoms with Gasteiger partial charge < -0.3 is 14.9 Å². The van der Waals surface area contributed by atoms with Gasteiger partial charge in [-0.05, 0) is 46.3 Å². The van der Waals surface area contributed by atoms with Crippen LogP contribution in [0, 0.1) is 11.8 Å². The van der Waals surface area contributed by atoms with E-state index in [1.165, 1.54) is 0 Å². The summed E-state index contributed by atoms with van der Waals surface area (Å²) in [6, 6.07) is 0. The van der Waals surface area contributed by atoms with E-state index in [1.807, 2.05) is 14.1 Å². The van der Waals surface area contributed by atoms with Gasteiger partial charge in [0.15, 0.2) is 0 Å². The Balaban J connectivity index is 4.71. The van der Waals surface area contributed by atoms with Crippen molar-refractivity contribution in [3.63, 3.8) is 0 Å². The molecule has 0 aliphatic carbocycles. The second-order valence-corrected chi connectivity index (χ2v) is 9.13. The third-order valence-corrected chi connectivity index (χ3v) is 6.73. The standard InChI is InChI=1S/C12H32N4Si/c1-10(2)9-15-17(13-7,14-8)16-12(5,6)11(3)4/h10-11,13-16H,9H2,1-8H3. The van der Waals surface area contributed by atoms with E-state index in [-0.39, 0.29) is 5.54 Å². The van der Waals surface area contributed by atoms with Crippen LogP contribution in [0.3, 0.4) is 0 Å². The zero-order valence-electron chi connectivity index (χ0n) is 12.9. The molecule has 0 heterocycles. The molecule has 17 heavy (non-hydrogen) atoms. The third kappa shape index (κ3) is 5.48. The molecule has 0 rings (SSSR count). The molecule has 0 aliphatic rings. The molecule has 0 spiro atoms. The summed E-state index contributed by atoms with van der Waals surface area (Å²) < 4.78 is 0. The molecular weight excluding hydrogens is 228 g/mol. The Morgan fingerprint density at radius 2 is 1.47 bits per heavy atom. The molecule has 0 fully saturated rings. The first-order valence-electron chi connectivity index (χ1n) is 6.61. The van der Waals surface area contributed by atoms with Gasteiger partial charge in [0.1, 0.15) is 0 Å². The smallest absolute Gasteiger partial charge is 0.303 e. The van der Waals surface area contributed by atoms with Crippen molar-refractivity contribution in [1.82, 2.24) is 19.9 Å². The van der Waals surface area contributed by atoms with Gasteiger partial charge in [0.05, 0.1) is 0 Å². The average Bonchev–Trinajstić information content (AvgIpc) is 2.24. The molecule has 4 N–H and O–H groups in total. The van der Waals surface area contributed by atoms with Gasteiger partial charge in [0.2, 0.25) is 0 Å². The van der Waals surface area contributed by atoms with Crippen molar-refractivity contribution < 1.29 is 0 Å². The lowest BCUT2D eigenvalue weighted by atomic mass is 9.92. The zero-order chi connectivity index (χ0) is 13.7. The van der Waals surface area contributed by atoms with E-state index in [2.05, 4.69) is 61.5 Å². The zero-order valence-corrected chi connectivity index (χ0v) is 13.9. The van der Waals surface area contributed by atoms with E-state index in [0.29, 0.717) is 11.8 Å². The summed E-state index contributed by atoms with van der Waals surface area (Å²) in [6.45, 7) is 14.5. The first-order chi connectivity index (χ1) is 7.69. The van der Waals surface area contributed by atoms with Crippen LogP contribution in [0.2, 0.25) is 0 Å². The quantitative estimate of drug-likeness (QED) is 0.494. The molecule has 0 amide bonds. The molecule has 0 unspecified atom stereocenters. The minimum Gasteiger partial charge on any atom is -0.303 e. The maximum absolute atomic E-state index is 3.77. The second-order valence-electron chi connectivity index (χ2n) is 6.03. The molecule has 0 atom stereocenters. The SMILES string of the molecule is CN[Si](NC)(NCC(C)C)NC(C)(C)C(C)C. The molecule has 0 aliphatic heterocycles. The van der Waals surface area contributed by atoms with Crippen LogP contribution in [0.15, 0.2) is 0 Å². The van der Waals surface area contributed by atoms with Gasteiger partial charge in [-0.1, -0.05) is 27.7 Å². The van der Waals surface area contributed by atoms with E-state index in [4.69, 9.17) is 0 Å². The highest BCUT2D eigenvalue weighted by Crippen LogP contribution is 2.16. The van der Waals surface area contributed by atoms with Crippen molar-refractivity contribution in [1.29, 1.82) is 0 Å². The minimum atomic E-state index is -2.00. The Bertz CT molecular complexity index is 213. The molecule has 0 saturated heterocycles. The Morgan fingerprint density at radius 1 is 1.00 bits per heavy atom. The lowest BCUT2D eigenvalue weighted by molar-refractivity contribution is 0.325. The van der Waals surface area contributed by atoms with E-state index < -0.39 is 8.72 Å². The average molecular weight is 261 g/mol. The summed E-state index contributed by atoms with van der Waals surface area (Å²) in [4.78, 5) is 14.3. The number of hydrogen-bond donors (Lipinski definition) is 4.